The number of nitrogens with zero attached hydrogens (tertiary/aromatic N) is 3. The molecule has 0 unspecified atom stereocenters. The number of non-ortho nitro benzene ring substituents is 1. The van der Waals surface area contributed by atoms with Crippen molar-refractivity contribution in [2.45, 2.75) is 19.5 Å². The number of nitrogen functional groups attached to an aromatic ring is 1. The third-order valence-electron chi connectivity index (χ3n) is 5.74. The largest absolute Gasteiger partial charge is 0.397 e. The zero-order chi connectivity index (χ0) is 22.2. The number of fused-ring (bicyclic) bond motifs is 2. The number of nitrogens with two attached hydrogens (primary N) is 1. The number of aromatic nitrogens is 1. The molecule has 32 heavy (non-hydrogen) atoms. The molecular formula is C24H20N4O3S. The molecule has 0 radical (unpaired) electrons. The second-order valence-electron chi connectivity index (χ2n) is 7.87. The Labute approximate surface area is 188 Å². The quantitative estimate of drug-likeness (QED) is 0.275. The molecule has 2 N–H and O–H groups in total. The lowest BCUT2D eigenvalue weighted by Crippen LogP contribution is -2.30. The van der Waals surface area contributed by atoms with E-state index >= 15 is 0 Å². The van der Waals surface area contributed by atoms with Gasteiger partial charge in [0.2, 0.25) is 5.78 Å². The van der Waals surface area contributed by atoms with Crippen molar-refractivity contribution in [3.05, 3.63) is 98.0 Å². The molecule has 160 valence electrons. The Morgan fingerprint density at radius 1 is 1.16 bits per heavy atom. The Kier molecular flexibility index (Phi) is 5.16. The number of carbonyl (C=O) groups is 1. The molecule has 2 aromatic carbocycles. The highest BCUT2D eigenvalue weighted by Crippen LogP contribution is 2.36. The fourth-order valence-corrected chi connectivity index (χ4v) is 5.13. The van der Waals surface area contributed by atoms with Crippen LogP contribution in [0, 0.1) is 10.1 Å². The van der Waals surface area contributed by atoms with E-state index in [0.717, 1.165) is 47.5 Å². The van der Waals surface area contributed by atoms with Gasteiger partial charge in [0, 0.05) is 54.8 Å². The van der Waals surface area contributed by atoms with E-state index in [1.54, 1.807) is 0 Å². The van der Waals surface area contributed by atoms with Crippen LogP contribution in [-0.4, -0.2) is 27.1 Å². The monoisotopic (exact) mass is 444 g/mol. The Bertz CT molecular complexity index is 1330. The topological polar surface area (TPSA) is 102 Å². The number of nitro groups is 1. The van der Waals surface area contributed by atoms with Crippen LogP contribution in [0.1, 0.15) is 32.1 Å². The molecule has 0 bridgehead atoms. The van der Waals surface area contributed by atoms with Crippen LogP contribution in [0.15, 0.2) is 60.7 Å². The maximum Gasteiger partial charge on any atom is 0.269 e. The Morgan fingerprint density at radius 2 is 1.91 bits per heavy atom. The average Bonchev–Trinajstić information content (AvgIpc) is 3.13. The first-order valence-electron chi connectivity index (χ1n) is 10.3. The van der Waals surface area contributed by atoms with E-state index in [2.05, 4.69) is 23.1 Å². The van der Waals surface area contributed by atoms with E-state index in [9.17, 15) is 14.9 Å². The summed E-state index contributed by atoms with van der Waals surface area (Å²) in [6, 6.07) is 18.0. The molecule has 7 nitrogen and oxygen atoms in total. The standard InChI is InChI=1S/C24H20N4O3S/c25-21-19-12-17-14-27(13-15-4-2-1-3-5-15)11-10-20(17)26-24(19)32-23(21)22(29)16-6-8-18(9-7-16)28(30)31/h1-9,12H,10-11,13-14,25H2. The van der Waals surface area contributed by atoms with Crippen molar-refractivity contribution in [1.82, 2.24) is 9.88 Å². The smallest absolute Gasteiger partial charge is 0.269 e. The lowest BCUT2D eigenvalue weighted by atomic mass is 10.0. The molecule has 0 fully saturated rings. The SMILES string of the molecule is Nc1c(C(=O)c2ccc([N+](=O)[O-])cc2)sc2nc3c(cc12)CN(Cc1ccccc1)CC3. The normalized spacial score (nSPS) is 13.8. The summed E-state index contributed by atoms with van der Waals surface area (Å²) in [7, 11) is 0. The van der Waals surface area contributed by atoms with Gasteiger partial charge >= 0.3 is 0 Å². The van der Waals surface area contributed by atoms with Gasteiger partial charge in [0.05, 0.1) is 10.6 Å². The minimum Gasteiger partial charge on any atom is -0.397 e. The van der Waals surface area contributed by atoms with Crippen molar-refractivity contribution < 1.29 is 9.72 Å². The van der Waals surface area contributed by atoms with Crippen molar-refractivity contribution in [3.63, 3.8) is 0 Å². The minimum atomic E-state index is -0.489. The predicted octanol–water partition coefficient (Wildman–Crippen LogP) is 4.58. The molecule has 0 saturated heterocycles. The number of carbonyl (C=O) groups excluding carboxylic acids is 1. The zero-order valence-electron chi connectivity index (χ0n) is 17.2. The van der Waals surface area contributed by atoms with Crippen LogP contribution in [0.25, 0.3) is 10.2 Å². The van der Waals surface area contributed by atoms with Crippen LogP contribution in [-0.2, 0) is 19.5 Å². The van der Waals surface area contributed by atoms with Gasteiger partial charge in [0.25, 0.3) is 5.69 Å². The molecule has 8 heteroatoms. The molecule has 0 saturated carbocycles. The number of pyridine rings is 1. The van der Waals surface area contributed by atoms with E-state index in [1.165, 1.54) is 41.2 Å². The fraction of sp³-hybridized carbons (Fsp3) is 0.167. The van der Waals surface area contributed by atoms with E-state index in [1.807, 2.05) is 18.2 Å². The van der Waals surface area contributed by atoms with Gasteiger partial charge < -0.3 is 5.73 Å². The number of hydrogen-bond acceptors (Lipinski definition) is 7. The average molecular weight is 445 g/mol. The van der Waals surface area contributed by atoms with Gasteiger partial charge in [-0.1, -0.05) is 30.3 Å². The molecule has 0 atom stereocenters. The van der Waals surface area contributed by atoms with Gasteiger partial charge in [0.15, 0.2) is 0 Å². The molecule has 0 amide bonds. The van der Waals surface area contributed by atoms with E-state index in [0.29, 0.717) is 16.1 Å². The number of thiophene rings is 1. The van der Waals surface area contributed by atoms with Gasteiger partial charge in [-0.05, 0) is 29.3 Å². The first-order chi connectivity index (χ1) is 15.5. The maximum atomic E-state index is 13.0. The van der Waals surface area contributed by atoms with Crippen LogP contribution in [0.3, 0.4) is 0 Å². The second kappa shape index (κ2) is 8.14. The molecular weight excluding hydrogens is 424 g/mol. The number of anilines is 1. The van der Waals surface area contributed by atoms with Crippen molar-refractivity contribution in [2.75, 3.05) is 12.3 Å². The number of rotatable bonds is 5. The Hall–Kier alpha value is -3.62. The highest BCUT2D eigenvalue weighted by atomic mass is 32.1. The molecule has 1 aliphatic heterocycles. The van der Waals surface area contributed by atoms with Crippen molar-refractivity contribution >= 4 is 38.7 Å². The fourth-order valence-electron chi connectivity index (χ4n) is 4.07. The molecule has 3 heterocycles. The van der Waals surface area contributed by atoms with E-state index in [4.69, 9.17) is 10.7 Å². The Morgan fingerprint density at radius 3 is 2.62 bits per heavy atom. The van der Waals surface area contributed by atoms with Gasteiger partial charge in [-0.3, -0.25) is 19.8 Å². The summed E-state index contributed by atoms with van der Waals surface area (Å²) < 4.78 is 0. The summed E-state index contributed by atoms with van der Waals surface area (Å²) in [4.78, 5) is 31.8. The van der Waals surface area contributed by atoms with Crippen molar-refractivity contribution in [2.24, 2.45) is 0 Å². The van der Waals surface area contributed by atoms with Crippen molar-refractivity contribution in [3.8, 4) is 0 Å². The number of benzene rings is 2. The van der Waals surface area contributed by atoms with Crippen LogP contribution in [0.2, 0.25) is 0 Å². The number of nitro benzene ring substituents is 1. The minimum absolute atomic E-state index is 0.0553. The summed E-state index contributed by atoms with van der Waals surface area (Å²) in [6.07, 6.45) is 0.849. The first-order valence-corrected chi connectivity index (χ1v) is 11.1. The predicted molar refractivity (Wildman–Crippen MR) is 125 cm³/mol. The van der Waals surface area contributed by atoms with Gasteiger partial charge in [0.1, 0.15) is 9.71 Å². The van der Waals surface area contributed by atoms with Crippen LogP contribution < -0.4 is 5.73 Å². The first kappa shape index (κ1) is 20.3. The summed E-state index contributed by atoms with van der Waals surface area (Å²) in [5, 5.41) is 11.7. The summed E-state index contributed by atoms with van der Waals surface area (Å²) in [5.41, 5.74) is 10.6. The van der Waals surface area contributed by atoms with Crippen molar-refractivity contribution in [1.29, 1.82) is 0 Å². The lowest BCUT2D eigenvalue weighted by molar-refractivity contribution is -0.384. The van der Waals surface area contributed by atoms with Gasteiger partial charge in [-0.2, -0.15) is 0 Å². The van der Waals surface area contributed by atoms with Crippen LogP contribution in [0.4, 0.5) is 11.4 Å². The molecule has 0 aliphatic carbocycles. The second-order valence-corrected chi connectivity index (χ2v) is 8.87. The Balaban J connectivity index is 1.43. The molecule has 1 aliphatic rings. The third-order valence-corrected chi connectivity index (χ3v) is 6.86. The van der Waals surface area contributed by atoms with Crippen LogP contribution >= 0.6 is 11.3 Å². The highest BCUT2D eigenvalue weighted by Gasteiger charge is 2.23. The summed E-state index contributed by atoms with van der Waals surface area (Å²) in [5.74, 6) is -0.246. The summed E-state index contributed by atoms with van der Waals surface area (Å²) >= 11 is 1.28. The van der Waals surface area contributed by atoms with Gasteiger partial charge in [-0.25, -0.2) is 4.98 Å². The molecule has 0 spiro atoms. The molecule has 2 aromatic heterocycles. The zero-order valence-corrected chi connectivity index (χ0v) is 18.0. The highest BCUT2D eigenvalue weighted by molar-refractivity contribution is 7.21. The van der Waals surface area contributed by atoms with E-state index < -0.39 is 4.92 Å². The number of hydrogen-bond donors (Lipinski definition) is 1. The third kappa shape index (κ3) is 3.74. The van der Waals surface area contributed by atoms with E-state index in [-0.39, 0.29) is 11.5 Å². The summed E-state index contributed by atoms with van der Waals surface area (Å²) in [6.45, 7) is 2.59. The van der Waals surface area contributed by atoms with Crippen LogP contribution in [0.5, 0.6) is 0 Å². The lowest BCUT2D eigenvalue weighted by Gasteiger charge is -2.28. The number of ketones is 1. The maximum absolute atomic E-state index is 13.0. The molecule has 4 aromatic rings. The van der Waals surface area contributed by atoms with Gasteiger partial charge in [-0.15, -0.1) is 11.3 Å². The molecule has 5 rings (SSSR count).